The first-order valence-electron chi connectivity index (χ1n) is 11.1. The largest absolute Gasteiger partial charge is 0.506 e. The third-order valence-corrected chi connectivity index (χ3v) is 6.08. The Morgan fingerprint density at radius 3 is 2.41 bits per heavy atom. The number of nitrogens with zero attached hydrogens (tertiary/aromatic N) is 3. The summed E-state index contributed by atoms with van der Waals surface area (Å²) in [7, 11) is 0. The van der Waals surface area contributed by atoms with E-state index in [1.165, 1.54) is 24.8 Å². The molecule has 1 aromatic rings. The number of benzene rings is 1. The number of hydrogen-bond donors (Lipinski definition) is 3. The van der Waals surface area contributed by atoms with Crippen molar-refractivity contribution in [2.45, 2.75) is 64.3 Å². The summed E-state index contributed by atoms with van der Waals surface area (Å²) in [5, 5.41) is 23.2. The second-order valence-corrected chi connectivity index (χ2v) is 9.40. The maximum absolute atomic E-state index is 10.5. The molecule has 1 saturated carbocycles. The van der Waals surface area contributed by atoms with E-state index in [1.54, 1.807) is 6.07 Å². The van der Waals surface area contributed by atoms with E-state index >= 15 is 0 Å². The molecule has 1 aliphatic carbocycles. The van der Waals surface area contributed by atoms with Crippen molar-refractivity contribution < 1.29 is 10.2 Å². The first-order valence-corrected chi connectivity index (χ1v) is 11.1. The number of aliphatic imine (C=N–C) groups is 1. The van der Waals surface area contributed by atoms with E-state index in [-0.39, 0.29) is 17.8 Å². The summed E-state index contributed by atoms with van der Waals surface area (Å²) >= 11 is 0. The summed E-state index contributed by atoms with van der Waals surface area (Å²) in [4.78, 5) is 9.69. The SMILES string of the molecule is CC(C)(C)c1ccc(O)c(NC(=NC2CCCCC2)N2CCN(CCO)CC2)c1. The van der Waals surface area contributed by atoms with Gasteiger partial charge in [-0.15, -0.1) is 0 Å². The molecule has 0 radical (unpaired) electrons. The van der Waals surface area contributed by atoms with E-state index in [2.05, 4.69) is 35.9 Å². The van der Waals surface area contributed by atoms with Gasteiger partial charge in [0, 0.05) is 32.7 Å². The molecule has 29 heavy (non-hydrogen) atoms. The summed E-state index contributed by atoms with van der Waals surface area (Å²) in [5.74, 6) is 1.13. The van der Waals surface area contributed by atoms with Crippen LogP contribution in [0.25, 0.3) is 0 Å². The minimum Gasteiger partial charge on any atom is -0.506 e. The average Bonchev–Trinajstić information content (AvgIpc) is 2.70. The van der Waals surface area contributed by atoms with E-state index in [0.29, 0.717) is 6.04 Å². The normalized spacial score (nSPS) is 20.1. The molecule has 0 aromatic heterocycles. The van der Waals surface area contributed by atoms with Crippen molar-refractivity contribution in [2.24, 2.45) is 4.99 Å². The lowest BCUT2D eigenvalue weighted by atomic mass is 9.87. The minimum atomic E-state index is 0.0146. The van der Waals surface area contributed by atoms with Crippen LogP contribution in [0.3, 0.4) is 0 Å². The zero-order valence-electron chi connectivity index (χ0n) is 18.3. The molecule has 1 aromatic carbocycles. The number of rotatable bonds is 4. The fourth-order valence-electron chi connectivity index (χ4n) is 4.12. The minimum absolute atomic E-state index is 0.0146. The fourth-order valence-corrected chi connectivity index (χ4v) is 4.12. The topological polar surface area (TPSA) is 71.3 Å². The lowest BCUT2D eigenvalue weighted by molar-refractivity contribution is 0.146. The Labute approximate surface area is 175 Å². The van der Waals surface area contributed by atoms with Crippen LogP contribution >= 0.6 is 0 Å². The number of phenolic OH excluding ortho intramolecular Hbond substituents is 1. The van der Waals surface area contributed by atoms with Crippen molar-refractivity contribution in [1.29, 1.82) is 0 Å². The lowest BCUT2D eigenvalue weighted by Crippen LogP contribution is -2.51. The van der Waals surface area contributed by atoms with E-state index in [0.717, 1.165) is 57.2 Å². The van der Waals surface area contributed by atoms with Crippen molar-refractivity contribution in [1.82, 2.24) is 9.80 Å². The van der Waals surface area contributed by atoms with Gasteiger partial charge in [-0.1, -0.05) is 46.1 Å². The van der Waals surface area contributed by atoms with Gasteiger partial charge in [0.2, 0.25) is 0 Å². The number of aliphatic hydroxyl groups is 1. The molecule has 1 heterocycles. The summed E-state index contributed by atoms with van der Waals surface area (Å²) in [5.41, 5.74) is 1.92. The van der Waals surface area contributed by atoms with E-state index in [9.17, 15) is 10.2 Å². The Bertz CT molecular complexity index is 685. The molecule has 3 rings (SSSR count). The number of aliphatic hydroxyl groups excluding tert-OH is 1. The van der Waals surface area contributed by atoms with Crippen LogP contribution in [0.1, 0.15) is 58.4 Å². The first kappa shape index (κ1) is 21.9. The Morgan fingerprint density at radius 2 is 1.79 bits per heavy atom. The highest BCUT2D eigenvalue weighted by Crippen LogP contribution is 2.31. The Balaban J connectivity index is 1.81. The number of nitrogens with one attached hydrogen (secondary N) is 1. The van der Waals surface area contributed by atoms with Gasteiger partial charge >= 0.3 is 0 Å². The second kappa shape index (κ2) is 9.81. The molecule has 0 amide bonds. The van der Waals surface area contributed by atoms with E-state index < -0.39 is 0 Å². The van der Waals surface area contributed by atoms with Gasteiger partial charge in [0.15, 0.2) is 5.96 Å². The molecule has 1 saturated heterocycles. The predicted octanol–water partition coefficient (Wildman–Crippen LogP) is 3.40. The van der Waals surface area contributed by atoms with Crippen molar-refractivity contribution in [3.63, 3.8) is 0 Å². The zero-order chi connectivity index (χ0) is 20.9. The summed E-state index contributed by atoms with van der Waals surface area (Å²) < 4.78 is 0. The number of piperazine rings is 1. The number of anilines is 1. The highest BCUT2D eigenvalue weighted by molar-refractivity contribution is 5.95. The molecular formula is C23H38N4O2. The molecule has 0 atom stereocenters. The van der Waals surface area contributed by atoms with Crippen LogP contribution in [-0.4, -0.2) is 71.3 Å². The van der Waals surface area contributed by atoms with E-state index in [1.807, 2.05) is 12.1 Å². The highest BCUT2D eigenvalue weighted by Gasteiger charge is 2.23. The molecule has 2 aliphatic rings. The van der Waals surface area contributed by atoms with E-state index in [4.69, 9.17) is 4.99 Å². The Morgan fingerprint density at radius 1 is 1.10 bits per heavy atom. The summed E-state index contributed by atoms with van der Waals surface area (Å²) in [6.07, 6.45) is 6.09. The second-order valence-electron chi connectivity index (χ2n) is 9.40. The quantitative estimate of drug-likeness (QED) is 0.409. The van der Waals surface area contributed by atoms with Crippen LogP contribution in [0.4, 0.5) is 5.69 Å². The van der Waals surface area contributed by atoms with Gasteiger partial charge in [-0.3, -0.25) is 4.90 Å². The number of aromatic hydroxyl groups is 1. The first-order chi connectivity index (χ1) is 13.9. The highest BCUT2D eigenvalue weighted by atomic mass is 16.3. The third kappa shape index (κ3) is 6.09. The van der Waals surface area contributed by atoms with Gasteiger partial charge in [-0.2, -0.15) is 0 Å². The van der Waals surface area contributed by atoms with Crippen molar-refractivity contribution in [2.75, 3.05) is 44.6 Å². The van der Waals surface area contributed by atoms with Crippen LogP contribution in [0, 0.1) is 0 Å². The molecule has 2 fully saturated rings. The molecule has 0 bridgehead atoms. The number of β-amino-alcohol motifs (C(OH)–C–C–N with tert-alkyl or cyclic N) is 1. The van der Waals surface area contributed by atoms with Gasteiger partial charge in [-0.05, 0) is 36.0 Å². The zero-order valence-corrected chi connectivity index (χ0v) is 18.3. The summed E-state index contributed by atoms with van der Waals surface area (Å²) in [6.45, 7) is 11.1. The van der Waals surface area contributed by atoms with Gasteiger partial charge in [0.25, 0.3) is 0 Å². The number of guanidine groups is 1. The molecule has 0 unspecified atom stereocenters. The van der Waals surface area contributed by atoms with Crippen LogP contribution < -0.4 is 5.32 Å². The molecule has 3 N–H and O–H groups in total. The van der Waals surface area contributed by atoms with Crippen molar-refractivity contribution >= 4 is 11.6 Å². The van der Waals surface area contributed by atoms with Crippen LogP contribution in [0.2, 0.25) is 0 Å². The Hall–Kier alpha value is -1.79. The number of phenols is 1. The molecule has 6 nitrogen and oxygen atoms in total. The van der Waals surface area contributed by atoms with Crippen molar-refractivity contribution in [3.05, 3.63) is 23.8 Å². The van der Waals surface area contributed by atoms with Crippen LogP contribution in [0.15, 0.2) is 23.2 Å². The average molecular weight is 403 g/mol. The molecular weight excluding hydrogens is 364 g/mol. The summed E-state index contributed by atoms with van der Waals surface area (Å²) in [6, 6.07) is 6.18. The van der Waals surface area contributed by atoms with Gasteiger partial charge < -0.3 is 20.4 Å². The third-order valence-electron chi connectivity index (χ3n) is 6.08. The van der Waals surface area contributed by atoms with Gasteiger partial charge in [0.1, 0.15) is 5.75 Å². The monoisotopic (exact) mass is 402 g/mol. The fraction of sp³-hybridized carbons (Fsp3) is 0.696. The number of hydrogen-bond acceptors (Lipinski definition) is 4. The van der Waals surface area contributed by atoms with Crippen LogP contribution in [-0.2, 0) is 5.41 Å². The van der Waals surface area contributed by atoms with Gasteiger partial charge in [-0.25, -0.2) is 4.99 Å². The standard InChI is InChI=1S/C23H38N4O2/c1-23(2,3)18-9-10-21(29)20(17-18)25-22(24-19-7-5-4-6-8-19)27-13-11-26(12-14-27)15-16-28/h9-10,17,19,28-29H,4-8,11-16H2,1-3H3,(H,24,25). The lowest BCUT2D eigenvalue weighted by Gasteiger charge is -2.37. The van der Waals surface area contributed by atoms with Crippen molar-refractivity contribution in [3.8, 4) is 5.75 Å². The molecule has 162 valence electrons. The molecule has 6 heteroatoms. The predicted molar refractivity (Wildman–Crippen MR) is 120 cm³/mol. The Kier molecular flexibility index (Phi) is 7.41. The van der Waals surface area contributed by atoms with Gasteiger partial charge in [0.05, 0.1) is 18.3 Å². The van der Waals surface area contributed by atoms with Crippen LogP contribution in [0.5, 0.6) is 5.75 Å². The molecule has 0 spiro atoms. The smallest absolute Gasteiger partial charge is 0.198 e. The molecule has 1 aliphatic heterocycles. The maximum atomic E-state index is 10.5. The maximum Gasteiger partial charge on any atom is 0.198 e.